The molecule has 200 valence electrons. The molecule has 0 unspecified atom stereocenters. The quantitative estimate of drug-likeness (QED) is 0.119. The molecule has 0 bridgehead atoms. The molecular weight excluding hydrogens is 494 g/mol. The van der Waals surface area contributed by atoms with E-state index in [9.17, 15) is 10.1 Å². The molecule has 3 aromatic carbocycles. The highest BCUT2D eigenvalue weighted by molar-refractivity contribution is 5.80. The van der Waals surface area contributed by atoms with E-state index in [-0.39, 0.29) is 17.6 Å². The monoisotopic (exact) mass is 525 g/mol. The van der Waals surface area contributed by atoms with Gasteiger partial charge in [0.15, 0.2) is 0 Å². The normalized spacial score (nSPS) is 10.9. The largest absolute Gasteiger partial charge is 0.372 e. The van der Waals surface area contributed by atoms with Crippen molar-refractivity contribution in [3.63, 3.8) is 0 Å². The van der Waals surface area contributed by atoms with Crippen LogP contribution in [0.3, 0.4) is 0 Å². The van der Waals surface area contributed by atoms with Crippen LogP contribution >= 0.6 is 0 Å². The lowest BCUT2D eigenvalue weighted by Crippen LogP contribution is -2.21. The molecule has 11 nitrogen and oxygen atoms in total. The molecule has 0 saturated heterocycles. The minimum Gasteiger partial charge on any atom is -0.372 e. The molecule has 0 aliphatic heterocycles. The third-order valence-electron chi connectivity index (χ3n) is 6.13. The number of aromatic nitrogens is 3. The Hall–Kier alpha value is -5.06. The van der Waals surface area contributed by atoms with E-state index in [0.29, 0.717) is 11.6 Å². The van der Waals surface area contributed by atoms with Crippen LogP contribution in [-0.4, -0.2) is 39.2 Å². The van der Waals surface area contributed by atoms with Crippen LogP contribution < -0.4 is 21.0 Å². The van der Waals surface area contributed by atoms with Crippen LogP contribution in [-0.2, 0) is 0 Å². The third kappa shape index (κ3) is 7.25. The van der Waals surface area contributed by atoms with Crippen LogP contribution in [0.4, 0.5) is 40.6 Å². The van der Waals surface area contributed by atoms with Gasteiger partial charge >= 0.3 is 0 Å². The summed E-state index contributed by atoms with van der Waals surface area (Å²) in [7, 11) is 0. The Labute approximate surface area is 227 Å². The number of non-ortho nitro benzene ring substituents is 1. The second kappa shape index (κ2) is 12.5. The number of anilines is 6. The molecule has 4 aromatic rings. The highest BCUT2D eigenvalue weighted by Gasteiger charge is 2.10. The minimum atomic E-state index is -0.449. The third-order valence-corrected chi connectivity index (χ3v) is 6.13. The molecule has 3 N–H and O–H groups in total. The topological polar surface area (TPSA) is 134 Å². The second-order valence-corrected chi connectivity index (χ2v) is 8.79. The average Bonchev–Trinajstić information content (AvgIpc) is 2.92. The van der Waals surface area contributed by atoms with E-state index in [2.05, 4.69) is 67.0 Å². The average molecular weight is 526 g/mol. The number of nitro benzene ring substituents is 1. The lowest BCUT2D eigenvalue weighted by Gasteiger charge is -2.20. The fourth-order valence-corrected chi connectivity index (χ4v) is 3.81. The summed E-state index contributed by atoms with van der Waals surface area (Å²) in [5.74, 6) is 0.766. The fourth-order valence-electron chi connectivity index (χ4n) is 3.81. The number of benzene rings is 3. The number of hydrazone groups is 1. The highest BCUT2D eigenvalue weighted by Crippen LogP contribution is 2.22. The van der Waals surface area contributed by atoms with Crippen molar-refractivity contribution in [2.45, 2.75) is 27.7 Å². The summed E-state index contributed by atoms with van der Waals surface area (Å²) in [4.78, 5) is 26.1. The molecule has 0 saturated carbocycles. The number of hydrogen-bond donors (Lipinski definition) is 3. The van der Waals surface area contributed by atoms with E-state index >= 15 is 0 Å². The van der Waals surface area contributed by atoms with Gasteiger partial charge in [0.1, 0.15) is 0 Å². The summed E-state index contributed by atoms with van der Waals surface area (Å²) >= 11 is 0. The molecule has 0 atom stereocenters. The van der Waals surface area contributed by atoms with E-state index in [4.69, 9.17) is 0 Å². The summed E-state index contributed by atoms with van der Waals surface area (Å²) in [6.45, 7) is 10.2. The van der Waals surface area contributed by atoms with Crippen LogP contribution in [0, 0.1) is 24.0 Å². The maximum absolute atomic E-state index is 11.0. The zero-order chi connectivity index (χ0) is 27.8. The predicted molar refractivity (Wildman–Crippen MR) is 157 cm³/mol. The van der Waals surface area contributed by atoms with Crippen molar-refractivity contribution >= 4 is 46.8 Å². The fraction of sp³-hybridized carbons (Fsp3) is 0.214. The lowest BCUT2D eigenvalue weighted by atomic mass is 10.1. The Bertz CT molecular complexity index is 1450. The van der Waals surface area contributed by atoms with Gasteiger partial charge in [0.05, 0.1) is 11.1 Å². The first kappa shape index (κ1) is 27.0. The number of nitrogens with zero attached hydrogens (tertiary/aromatic N) is 6. The first-order chi connectivity index (χ1) is 18.8. The Balaban J connectivity index is 1.55. The molecule has 0 aliphatic rings. The molecule has 39 heavy (non-hydrogen) atoms. The first-order valence-corrected chi connectivity index (χ1v) is 12.6. The van der Waals surface area contributed by atoms with Gasteiger partial charge in [-0.1, -0.05) is 18.2 Å². The van der Waals surface area contributed by atoms with Crippen molar-refractivity contribution in [2.24, 2.45) is 5.10 Å². The van der Waals surface area contributed by atoms with E-state index in [1.54, 1.807) is 18.3 Å². The van der Waals surface area contributed by atoms with Crippen molar-refractivity contribution < 1.29 is 4.92 Å². The Morgan fingerprint density at radius 2 is 1.41 bits per heavy atom. The van der Waals surface area contributed by atoms with E-state index in [1.807, 2.05) is 44.2 Å². The lowest BCUT2D eigenvalue weighted by molar-refractivity contribution is -0.384. The van der Waals surface area contributed by atoms with Gasteiger partial charge in [-0.25, -0.2) is 5.43 Å². The molecule has 1 aromatic heterocycles. The molecule has 0 spiro atoms. The standard InChI is InChI=1S/C28H31N9O2/c1-5-36(6-2)24-13-8-21(9-14-24)18-29-35-28-33-26(30-22-11-15-25(16-12-22)37(38)39)32-27(34-28)31-23-10-7-19(3)20(4)17-23/h7-18H,5-6H2,1-4H3,(H3,30,31,32,33,34,35)/b29-18-. The van der Waals surface area contributed by atoms with E-state index in [1.165, 1.54) is 17.7 Å². The molecule has 1 heterocycles. The predicted octanol–water partition coefficient (Wildman–Crippen LogP) is 6.18. The zero-order valence-corrected chi connectivity index (χ0v) is 22.3. The van der Waals surface area contributed by atoms with Gasteiger partial charge in [-0.3, -0.25) is 10.1 Å². The molecular formula is C28H31N9O2. The van der Waals surface area contributed by atoms with Gasteiger partial charge in [0.25, 0.3) is 5.69 Å². The molecule has 11 heteroatoms. The molecule has 0 radical (unpaired) electrons. The van der Waals surface area contributed by atoms with Crippen LogP contribution in [0.25, 0.3) is 0 Å². The number of nitro groups is 1. The summed E-state index contributed by atoms with van der Waals surface area (Å²) in [6, 6.07) is 20.1. The van der Waals surface area contributed by atoms with Crippen molar-refractivity contribution in [3.8, 4) is 0 Å². The maximum atomic E-state index is 11.0. The summed E-state index contributed by atoms with van der Waals surface area (Å²) in [5.41, 5.74) is 8.68. The maximum Gasteiger partial charge on any atom is 0.269 e. The SMILES string of the molecule is CCN(CC)c1ccc(/C=N\Nc2nc(Nc3ccc([N+](=O)[O-])cc3)nc(Nc3ccc(C)c(C)c3)n2)cc1. The number of aryl methyl sites for hydroxylation is 2. The first-order valence-electron chi connectivity index (χ1n) is 12.6. The molecule has 0 amide bonds. The van der Waals surface area contributed by atoms with Crippen molar-refractivity contribution in [1.29, 1.82) is 0 Å². The molecule has 0 aliphatic carbocycles. The van der Waals surface area contributed by atoms with Crippen molar-refractivity contribution in [2.75, 3.05) is 34.0 Å². The van der Waals surface area contributed by atoms with Gasteiger partial charge in [0, 0.05) is 42.3 Å². The van der Waals surface area contributed by atoms with Crippen LogP contribution in [0.15, 0.2) is 71.8 Å². The van der Waals surface area contributed by atoms with Gasteiger partial charge in [0.2, 0.25) is 17.8 Å². The second-order valence-electron chi connectivity index (χ2n) is 8.79. The molecule has 0 fully saturated rings. The smallest absolute Gasteiger partial charge is 0.269 e. The van der Waals surface area contributed by atoms with Gasteiger partial charge in [-0.05, 0) is 80.8 Å². The van der Waals surface area contributed by atoms with Crippen molar-refractivity contribution in [3.05, 3.63) is 93.5 Å². The summed E-state index contributed by atoms with van der Waals surface area (Å²) in [5, 5.41) is 21.6. The van der Waals surface area contributed by atoms with Crippen LogP contribution in [0.1, 0.15) is 30.5 Å². The zero-order valence-electron chi connectivity index (χ0n) is 22.3. The van der Waals surface area contributed by atoms with Crippen LogP contribution in [0.2, 0.25) is 0 Å². The van der Waals surface area contributed by atoms with Crippen LogP contribution in [0.5, 0.6) is 0 Å². The number of nitrogens with one attached hydrogen (secondary N) is 3. The van der Waals surface area contributed by atoms with E-state index < -0.39 is 4.92 Å². The minimum absolute atomic E-state index is 0.00452. The Morgan fingerprint density at radius 3 is 2.00 bits per heavy atom. The highest BCUT2D eigenvalue weighted by atomic mass is 16.6. The Morgan fingerprint density at radius 1 is 0.821 bits per heavy atom. The Kier molecular flexibility index (Phi) is 8.62. The molecule has 4 rings (SSSR count). The van der Waals surface area contributed by atoms with Gasteiger partial charge < -0.3 is 15.5 Å². The van der Waals surface area contributed by atoms with E-state index in [0.717, 1.165) is 35.6 Å². The number of rotatable bonds is 11. The summed E-state index contributed by atoms with van der Waals surface area (Å²) < 4.78 is 0. The summed E-state index contributed by atoms with van der Waals surface area (Å²) in [6.07, 6.45) is 1.69. The number of hydrogen-bond acceptors (Lipinski definition) is 10. The van der Waals surface area contributed by atoms with Gasteiger partial charge in [-0.15, -0.1) is 0 Å². The van der Waals surface area contributed by atoms with Crippen molar-refractivity contribution in [1.82, 2.24) is 15.0 Å². The van der Waals surface area contributed by atoms with Gasteiger partial charge in [-0.2, -0.15) is 20.1 Å².